The van der Waals surface area contributed by atoms with Crippen LogP contribution < -0.4 is 11.1 Å². The van der Waals surface area contributed by atoms with Crippen molar-refractivity contribution >= 4 is 17.9 Å². The van der Waals surface area contributed by atoms with Crippen molar-refractivity contribution in [3.63, 3.8) is 0 Å². The first-order valence-electron chi connectivity index (χ1n) is 6.82. The number of halogens is 1. The molecule has 0 aliphatic carbocycles. The topological polar surface area (TPSA) is 80.4 Å². The maximum absolute atomic E-state index is 14.3. The summed E-state index contributed by atoms with van der Waals surface area (Å²) in [6.45, 7) is 1.82. The van der Waals surface area contributed by atoms with Crippen molar-refractivity contribution in [1.82, 2.24) is 4.98 Å². The molecule has 0 radical (unpaired) electrons. The normalized spacial score (nSPS) is 20.0. The number of nitrogens with zero attached hydrogens (tertiary/aromatic N) is 2. The lowest BCUT2D eigenvalue weighted by atomic mass is 9.82. The number of nitrogens with two attached hydrogens (primary N) is 1. The molecule has 1 unspecified atom stereocenters. The van der Waals surface area contributed by atoms with Gasteiger partial charge in [0.05, 0.1) is 5.54 Å². The van der Waals surface area contributed by atoms with Crippen molar-refractivity contribution in [2.45, 2.75) is 18.9 Å². The summed E-state index contributed by atoms with van der Waals surface area (Å²) in [5.74, 6) is -0.0258. The second-order valence-corrected chi connectivity index (χ2v) is 5.44. The minimum Gasteiger partial charge on any atom is -0.383 e. The molecule has 1 aliphatic heterocycles. The van der Waals surface area contributed by atoms with E-state index >= 15 is 0 Å². The Morgan fingerprint density at radius 3 is 3.00 bits per heavy atom. The molecule has 0 fully saturated rings. The first kappa shape index (κ1) is 14.2. The van der Waals surface area contributed by atoms with Crippen LogP contribution in [0, 0.1) is 5.82 Å². The van der Waals surface area contributed by atoms with Gasteiger partial charge in [0.25, 0.3) is 0 Å². The Bertz CT molecular complexity index is 774. The summed E-state index contributed by atoms with van der Waals surface area (Å²) in [6.07, 6.45) is 4.41. The Kier molecular flexibility index (Phi) is 3.36. The van der Waals surface area contributed by atoms with Crippen LogP contribution in [0.2, 0.25) is 0 Å². The van der Waals surface area contributed by atoms with Crippen molar-refractivity contribution in [2.75, 3.05) is 5.32 Å². The summed E-state index contributed by atoms with van der Waals surface area (Å²) in [6, 6.07) is 6.20. The molecule has 1 aromatic heterocycles. The lowest BCUT2D eigenvalue weighted by Crippen LogP contribution is -2.34. The fourth-order valence-electron chi connectivity index (χ4n) is 2.81. The van der Waals surface area contributed by atoms with E-state index in [0.717, 1.165) is 11.1 Å². The predicted molar refractivity (Wildman–Crippen MR) is 82.1 cm³/mol. The van der Waals surface area contributed by atoms with Crippen LogP contribution in [-0.2, 0) is 16.8 Å². The first-order chi connectivity index (χ1) is 10.5. The van der Waals surface area contributed by atoms with E-state index in [4.69, 9.17) is 5.73 Å². The van der Waals surface area contributed by atoms with Gasteiger partial charge in [-0.15, -0.1) is 0 Å². The maximum atomic E-state index is 14.3. The molecule has 2 heterocycles. The Balaban J connectivity index is 2.11. The molecule has 3 N–H and O–H groups in total. The zero-order valence-electron chi connectivity index (χ0n) is 12.0. The standard InChI is InChI=1S/C16H15FN4O/c1-16(13-6-11(20-9-22)2-3-14(13)17)7-10-8-19-5-4-12(10)15(18)21-16/h2-6,8-9H,7H2,1H3,(H2,18,21)(H,20,22). The van der Waals surface area contributed by atoms with E-state index in [1.165, 1.54) is 12.1 Å². The molecule has 0 saturated heterocycles. The predicted octanol–water partition coefficient (Wildman–Crippen LogP) is 1.97. The van der Waals surface area contributed by atoms with Crippen LogP contribution in [0.5, 0.6) is 0 Å². The second kappa shape index (κ2) is 5.22. The van der Waals surface area contributed by atoms with Crippen molar-refractivity contribution < 1.29 is 9.18 Å². The number of nitrogens with one attached hydrogen (secondary N) is 1. The summed E-state index contributed by atoms with van der Waals surface area (Å²) < 4.78 is 14.3. The third kappa shape index (κ3) is 2.32. The lowest BCUT2D eigenvalue weighted by molar-refractivity contribution is -0.105. The van der Waals surface area contributed by atoms with Crippen LogP contribution in [0.1, 0.15) is 23.6 Å². The number of anilines is 1. The third-order valence-electron chi connectivity index (χ3n) is 3.85. The highest BCUT2D eigenvalue weighted by Gasteiger charge is 2.34. The monoisotopic (exact) mass is 298 g/mol. The van der Waals surface area contributed by atoms with Crippen LogP contribution in [0.15, 0.2) is 41.7 Å². The summed E-state index contributed by atoms with van der Waals surface area (Å²) in [7, 11) is 0. The van der Waals surface area contributed by atoms with Gasteiger partial charge in [-0.3, -0.25) is 14.8 Å². The molecular formula is C16H15FN4O. The third-order valence-corrected chi connectivity index (χ3v) is 3.85. The number of amides is 1. The number of amidine groups is 1. The van der Waals surface area contributed by atoms with E-state index < -0.39 is 5.54 Å². The van der Waals surface area contributed by atoms with Gasteiger partial charge in [0, 0.05) is 35.6 Å². The van der Waals surface area contributed by atoms with E-state index in [1.807, 2.05) is 6.92 Å². The number of aliphatic imine (C=N–C) groups is 1. The molecule has 1 amide bonds. The molecule has 112 valence electrons. The van der Waals surface area contributed by atoms with Gasteiger partial charge in [-0.2, -0.15) is 0 Å². The van der Waals surface area contributed by atoms with Gasteiger partial charge < -0.3 is 11.1 Å². The van der Waals surface area contributed by atoms with E-state index in [9.17, 15) is 9.18 Å². The van der Waals surface area contributed by atoms with Gasteiger partial charge in [0.1, 0.15) is 11.7 Å². The molecule has 22 heavy (non-hydrogen) atoms. The quantitative estimate of drug-likeness (QED) is 0.850. The number of hydrogen-bond acceptors (Lipinski definition) is 4. The molecule has 1 aliphatic rings. The Hall–Kier alpha value is -2.76. The van der Waals surface area contributed by atoms with E-state index in [0.29, 0.717) is 29.9 Å². The van der Waals surface area contributed by atoms with Crippen LogP contribution in [0.3, 0.4) is 0 Å². The molecular weight excluding hydrogens is 283 g/mol. The van der Waals surface area contributed by atoms with Gasteiger partial charge in [0.2, 0.25) is 6.41 Å². The number of rotatable bonds is 3. The number of hydrogen-bond donors (Lipinski definition) is 2. The van der Waals surface area contributed by atoms with Crippen molar-refractivity contribution in [3.05, 3.63) is 59.2 Å². The molecule has 6 heteroatoms. The molecule has 0 spiro atoms. The summed E-state index contributed by atoms with van der Waals surface area (Å²) >= 11 is 0. The largest absolute Gasteiger partial charge is 0.383 e. The number of pyridine rings is 1. The van der Waals surface area contributed by atoms with Crippen LogP contribution in [0.4, 0.5) is 10.1 Å². The van der Waals surface area contributed by atoms with Gasteiger partial charge in [-0.05, 0) is 36.8 Å². The second-order valence-electron chi connectivity index (χ2n) is 5.44. The van der Waals surface area contributed by atoms with Crippen molar-refractivity contribution in [3.8, 4) is 0 Å². The first-order valence-corrected chi connectivity index (χ1v) is 6.82. The molecule has 1 atom stereocenters. The summed E-state index contributed by atoms with van der Waals surface area (Å²) in [4.78, 5) is 19.2. The number of fused-ring (bicyclic) bond motifs is 1. The molecule has 3 rings (SSSR count). The minimum atomic E-state index is -0.842. The molecule has 2 aromatic rings. The highest BCUT2D eigenvalue weighted by molar-refractivity contribution is 6.00. The number of carbonyl (C=O) groups excluding carboxylic acids is 1. The van der Waals surface area contributed by atoms with Crippen molar-refractivity contribution in [1.29, 1.82) is 0 Å². The van der Waals surface area contributed by atoms with E-state index in [-0.39, 0.29) is 5.82 Å². The fourth-order valence-corrected chi connectivity index (χ4v) is 2.81. The van der Waals surface area contributed by atoms with Crippen molar-refractivity contribution in [2.24, 2.45) is 10.7 Å². The van der Waals surface area contributed by atoms with E-state index in [2.05, 4.69) is 15.3 Å². The van der Waals surface area contributed by atoms with Crippen LogP contribution >= 0.6 is 0 Å². The molecule has 1 aromatic carbocycles. The lowest BCUT2D eigenvalue weighted by Gasteiger charge is -2.32. The smallest absolute Gasteiger partial charge is 0.211 e. The maximum Gasteiger partial charge on any atom is 0.211 e. The molecule has 0 saturated carbocycles. The summed E-state index contributed by atoms with van der Waals surface area (Å²) in [5.41, 5.74) is 7.84. The zero-order valence-corrected chi connectivity index (χ0v) is 12.0. The average Bonchev–Trinajstić information content (AvgIpc) is 2.49. The van der Waals surface area contributed by atoms with Gasteiger partial charge in [-0.1, -0.05) is 0 Å². The molecule has 5 nitrogen and oxygen atoms in total. The number of aromatic nitrogens is 1. The Morgan fingerprint density at radius 1 is 1.41 bits per heavy atom. The average molecular weight is 298 g/mol. The summed E-state index contributed by atoms with van der Waals surface area (Å²) in [5, 5.41) is 2.52. The SMILES string of the molecule is CC1(c2cc(NC=O)ccc2F)Cc2cnccc2C(N)=N1. The highest BCUT2D eigenvalue weighted by Crippen LogP contribution is 2.36. The zero-order chi connectivity index (χ0) is 15.7. The highest BCUT2D eigenvalue weighted by atomic mass is 19.1. The van der Waals surface area contributed by atoms with E-state index in [1.54, 1.807) is 24.5 Å². The number of benzene rings is 1. The Morgan fingerprint density at radius 2 is 2.23 bits per heavy atom. The molecule has 0 bridgehead atoms. The van der Waals surface area contributed by atoms with Crippen LogP contribution in [-0.4, -0.2) is 17.2 Å². The van der Waals surface area contributed by atoms with Gasteiger partial charge in [-0.25, -0.2) is 4.39 Å². The minimum absolute atomic E-state index is 0.360. The fraction of sp³-hybridized carbons (Fsp3) is 0.188. The van der Waals surface area contributed by atoms with Gasteiger partial charge >= 0.3 is 0 Å². The Labute approximate surface area is 127 Å². The van der Waals surface area contributed by atoms with Crippen LogP contribution in [0.25, 0.3) is 0 Å². The number of carbonyl (C=O) groups is 1. The van der Waals surface area contributed by atoms with Gasteiger partial charge in [0.15, 0.2) is 0 Å².